The lowest BCUT2D eigenvalue weighted by Gasteiger charge is -2.30. The van der Waals surface area contributed by atoms with Gasteiger partial charge in [-0.25, -0.2) is 0 Å². The second-order valence-corrected chi connectivity index (χ2v) is 24.0. The van der Waals surface area contributed by atoms with Crippen LogP contribution in [0.4, 0.5) is 0 Å². The van der Waals surface area contributed by atoms with Crippen molar-refractivity contribution in [2.45, 2.75) is 166 Å². The van der Waals surface area contributed by atoms with Crippen molar-refractivity contribution in [2.75, 3.05) is 32.8 Å². The Balaban J connectivity index is 1.77. The number of benzene rings is 2. The number of amides is 14. The molecular weight excluding hydrogens is 1290 g/mol. The van der Waals surface area contributed by atoms with Gasteiger partial charge in [-0.2, -0.15) is 0 Å². The Labute approximate surface area is 563 Å². The molecule has 0 aliphatic carbocycles. The van der Waals surface area contributed by atoms with Crippen LogP contribution in [0, 0.1) is 17.2 Å². The topological polar surface area (TPSA) is 607 Å². The van der Waals surface area contributed by atoms with E-state index in [9.17, 15) is 97.5 Å². The molecule has 540 valence electrons. The Kier molecular flexibility index (Phi) is 33.3. The SMILES string of the molecule is CC(=O)N[C@@H](CC(C)C)C(=O)N[C@@H](Cc1ccc(O)cc1)C(=O)N[C@@H](CCCNC(=N)N)C(=O)N[C@@H](C)C(=O)N[C@@H](CC(N)=O)C(=O)N[C@H](C(=O)N[C@@H](CC(=O)O)C(=O)N[C@@H](CO)C(=O)N1CCC[C@H]1C(=O)NCC(=O)N[C@@H](Cc1ccc(O)cc1)C(=O)N[C@@H](CO)C(N)=O)C(C)C. The van der Waals surface area contributed by atoms with Crippen LogP contribution < -0.4 is 81.0 Å². The molecule has 0 spiro atoms. The van der Waals surface area contributed by atoms with Crippen molar-refractivity contribution < 1.29 is 97.5 Å². The molecule has 0 bridgehead atoms. The zero-order valence-electron chi connectivity index (χ0n) is 55.1. The second-order valence-electron chi connectivity index (χ2n) is 24.0. The first kappa shape index (κ1) is 81.5. The van der Waals surface area contributed by atoms with Crippen molar-refractivity contribution in [1.82, 2.24) is 68.7 Å². The fraction of sp³-hybridized carbons (Fsp3) is 0.541. The third kappa shape index (κ3) is 27.9. The van der Waals surface area contributed by atoms with E-state index >= 15 is 0 Å². The first-order valence-corrected chi connectivity index (χ1v) is 31.3. The predicted octanol–water partition coefficient (Wildman–Crippen LogP) is -7.34. The molecule has 98 heavy (non-hydrogen) atoms. The van der Waals surface area contributed by atoms with Crippen molar-refractivity contribution in [3.63, 3.8) is 0 Å². The number of aliphatic hydroxyl groups excluding tert-OH is 2. The van der Waals surface area contributed by atoms with Gasteiger partial charge in [0.15, 0.2) is 5.96 Å². The molecule has 1 saturated heterocycles. The maximum Gasteiger partial charge on any atom is 0.305 e. The van der Waals surface area contributed by atoms with Crippen molar-refractivity contribution in [3.05, 3.63) is 59.7 Å². The number of nitrogens with one attached hydrogen (secondary N) is 13. The largest absolute Gasteiger partial charge is 0.508 e. The quantitative estimate of drug-likeness (QED) is 0.0167. The number of carboxylic acid groups (broad SMARTS) is 1. The Morgan fingerprint density at radius 2 is 1.02 bits per heavy atom. The number of hydrogen-bond donors (Lipinski definition) is 21. The van der Waals surface area contributed by atoms with Gasteiger partial charge in [0.05, 0.1) is 32.6 Å². The minimum atomic E-state index is -2.04. The number of nitrogens with two attached hydrogens (primary N) is 3. The highest BCUT2D eigenvalue weighted by Crippen LogP contribution is 2.20. The number of phenols is 2. The van der Waals surface area contributed by atoms with Gasteiger partial charge in [0.2, 0.25) is 82.7 Å². The summed E-state index contributed by atoms with van der Waals surface area (Å²) >= 11 is 0. The van der Waals surface area contributed by atoms with Crippen LogP contribution in [0.15, 0.2) is 48.5 Å². The summed E-state index contributed by atoms with van der Waals surface area (Å²) in [5, 5.41) is 85.6. The van der Waals surface area contributed by atoms with E-state index < -0.39 is 200 Å². The molecule has 0 aromatic heterocycles. The lowest BCUT2D eigenvalue weighted by molar-refractivity contribution is -0.144. The molecule has 2 aromatic carbocycles. The number of carboxylic acids is 1. The normalized spacial score (nSPS) is 15.6. The standard InChI is InChI=1S/C61H91N17O20/c1-29(2)21-38(69-32(6)81)53(91)73-40(23-34-13-17-36(83)18-14-34)55(93)71-37(9-7-19-66-61(64)65)52(90)68-31(5)51(89)72-41(24-46(62)84)57(95)77-49(30(3)4)59(97)74-42(25-48(86)87)56(94)76-44(28-80)60(98)78-20-8-10-45(78)58(96)67-26-47(85)70-39(22-33-11-15-35(82)16-12-33)54(92)75-43(27-79)50(63)88/h11-18,29-31,37-45,49,79-80,82-83H,7-10,19-28H2,1-6H3,(H2,62,84)(H2,63,88)(H,67,96)(H,68,90)(H,69,81)(H,70,85)(H,71,93)(H,72,89)(H,73,91)(H,74,97)(H,75,92)(H,76,94)(H,77,95)(H,86,87)(H4,64,65,66)/t31-,37-,38-,39-,40-,41-,42-,43-,44-,45-,49-/m0/s1. The Hall–Kier alpha value is -10.7. The van der Waals surface area contributed by atoms with E-state index in [-0.39, 0.29) is 75.5 Å². The van der Waals surface area contributed by atoms with Gasteiger partial charge >= 0.3 is 5.97 Å². The molecule has 14 amide bonds. The monoisotopic (exact) mass is 1380 g/mol. The Bertz CT molecular complexity index is 3190. The van der Waals surface area contributed by atoms with Gasteiger partial charge in [-0.15, -0.1) is 0 Å². The number of aromatic hydroxyl groups is 2. The minimum absolute atomic E-state index is 0.0105. The van der Waals surface area contributed by atoms with Crippen molar-refractivity contribution in [1.29, 1.82) is 5.41 Å². The van der Waals surface area contributed by atoms with Crippen LogP contribution in [0.25, 0.3) is 0 Å². The molecule has 0 saturated carbocycles. The molecular formula is C61H91N17O20. The molecule has 2 aromatic rings. The average molecular weight is 1380 g/mol. The summed E-state index contributed by atoms with van der Waals surface area (Å²) in [7, 11) is 0. The van der Waals surface area contributed by atoms with Crippen LogP contribution in [-0.2, 0) is 84.8 Å². The Morgan fingerprint density at radius 1 is 0.551 bits per heavy atom. The fourth-order valence-corrected chi connectivity index (χ4v) is 9.94. The van der Waals surface area contributed by atoms with E-state index in [2.05, 4.69) is 63.8 Å². The first-order chi connectivity index (χ1) is 46.0. The zero-order chi connectivity index (χ0) is 73.7. The zero-order valence-corrected chi connectivity index (χ0v) is 55.1. The number of carbonyl (C=O) groups is 15. The van der Waals surface area contributed by atoms with Crippen LogP contribution in [0.3, 0.4) is 0 Å². The smallest absolute Gasteiger partial charge is 0.305 e. The maximum atomic E-state index is 14.2. The summed E-state index contributed by atoms with van der Waals surface area (Å²) in [5.74, 6) is -17.4. The number of aliphatic hydroxyl groups is 2. The van der Waals surface area contributed by atoms with Gasteiger partial charge in [0.25, 0.3) is 0 Å². The summed E-state index contributed by atoms with van der Waals surface area (Å²) in [5.41, 5.74) is 17.0. The molecule has 1 aliphatic heterocycles. The molecule has 3 rings (SSSR count). The number of likely N-dealkylation sites (tertiary alicyclic amines) is 1. The molecule has 1 fully saturated rings. The fourth-order valence-electron chi connectivity index (χ4n) is 9.94. The number of aliphatic carboxylic acids is 1. The summed E-state index contributed by atoms with van der Waals surface area (Å²) < 4.78 is 0. The highest BCUT2D eigenvalue weighted by Gasteiger charge is 2.40. The third-order valence-electron chi connectivity index (χ3n) is 15.0. The molecule has 1 heterocycles. The van der Waals surface area contributed by atoms with E-state index in [1.807, 2.05) is 13.8 Å². The summed E-state index contributed by atoms with van der Waals surface area (Å²) in [6.45, 7) is 5.94. The highest BCUT2D eigenvalue weighted by atomic mass is 16.4. The van der Waals surface area contributed by atoms with Gasteiger partial charge in [-0.3, -0.25) is 77.3 Å². The molecule has 37 heteroatoms. The van der Waals surface area contributed by atoms with Crippen LogP contribution in [0.5, 0.6) is 11.5 Å². The van der Waals surface area contributed by atoms with Gasteiger partial charge in [-0.1, -0.05) is 52.0 Å². The van der Waals surface area contributed by atoms with Crippen LogP contribution in [0.2, 0.25) is 0 Å². The average Bonchev–Trinajstić information content (AvgIpc) is 1.59. The summed E-state index contributed by atoms with van der Waals surface area (Å²) in [6.07, 6.45) is -2.14. The van der Waals surface area contributed by atoms with Crippen molar-refractivity contribution in [2.24, 2.45) is 29.0 Å². The molecule has 1 aliphatic rings. The van der Waals surface area contributed by atoms with Crippen molar-refractivity contribution >= 4 is 94.6 Å². The highest BCUT2D eigenvalue weighted by molar-refractivity contribution is 6.01. The summed E-state index contributed by atoms with van der Waals surface area (Å²) in [6, 6.07) is -6.09. The number of rotatable bonds is 40. The number of hydrogen-bond acceptors (Lipinski definition) is 20. The van der Waals surface area contributed by atoms with Gasteiger partial charge in [0.1, 0.15) is 78.0 Å². The molecule has 11 atom stereocenters. The van der Waals surface area contributed by atoms with Crippen LogP contribution >= 0.6 is 0 Å². The number of guanidine groups is 1. The lowest BCUT2D eigenvalue weighted by atomic mass is 10.0. The van der Waals surface area contributed by atoms with E-state index in [1.165, 1.54) is 76.2 Å². The number of nitrogens with zero attached hydrogens (tertiary/aromatic N) is 1. The number of phenolic OH excluding ortho intramolecular Hbond substituents is 2. The Morgan fingerprint density at radius 3 is 1.52 bits per heavy atom. The summed E-state index contributed by atoms with van der Waals surface area (Å²) in [4.78, 5) is 201. The minimum Gasteiger partial charge on any atom is -0.508 e. The number of carbonyl (C=O) groups excluding carboxylic acids is 14. The first-order valence-electron chi connectivity index (χ1n) is 31.3. The van der Waals surface area contributed by atoms with E-state index in [0.29, 0.717) is 11.1 Å². The van der Waals surface area contributed by atoms with Crippen molar-refractivity contribution in [3.8, 4) is 11.5 Å². The molecule has 24 N–H and O–H groups in total. The second kappa shape index (κ2) is 40.0. The lowest BCUT2D eigenvalue weighted by Crippen LogP contribution is -2.61. The third-order valence-corrected chi connectivity index (χ3v) is 15.0. The predicted molar refractivity (Wildman–Crippen MR) is 345 cm³/mol. The molecule has 0 radical (unpaired) electrons. The van der Waals surface area contributed by atoms with E-state index in [1.54, 1.807) is 0 Å². The maximum absolute atomic E-state index is 14.2. The van der Waals surface area contributed by atoms with Gasteiger partial charge < -0.3 is 111 Å². The molecule has 37 nitrogen and oxygen atoms in total. The van der Waals surface area contributed by atoms with E-state index in [4.69, 9.17) is 22.6 Å². The number of primary amides is 2. The van der Waals surface area contributed by atoms with Crippen LogP contribution in [-0.4, -0.2) is 224 Å². The van der Waals surface area contributed by atoms with Crippen LogP contribution in [0.1, 0.15) is 97.6 Å². The van der Waals surface area contributed by atoms with E-state index in [0.717, 1.165) is 4.90 Å². The molecule has 0 unspecified atom stereocenters. The van der Waals surface area contributed by atoms with Gasteiger partial charge in [-0.05, 0) is 86.3 Å². The van der Waals surface area contributed by atoms with Gasteiger partial charge in [0, 0.05) is 32.9 Å².